The summed E-state index contributed by atoms with van der Waals surface area (Å²) in [6.45, 7) is 8.40. The highest BCUT2D eigenvalue weighted by molar-refractivity contribution is 5.80. The third kappa shape index (κ3) is 3.12. The molecule has 1 aromatic rings. The van der Waals surface area contributed by atoms with Gasteiger partial charge >= 0.3 is 0 Å². The standard InChI is InChI=1S/C17H28N6O/c1-10-8-14(15-20-11(2)12(3)21-15)23(9-10)16(24)13-4-6-22(7-5-13)17(18)19/h10,13-14H,4-9H2,1-3H3,(H3,18,19)(H,20,21). The highest BCUT2D eigenvalue weighted by Gasteiger charge is 2.39. The number of nitrogens with zero attached hydrogens (tertiary/aromatic N) is 3. The second kappa shape index (κ2) is 6.45. The van der Waals surface area contributed by atoms with Gasteiger partial charge in [-0.1, -0.05) is 6.92 Å². The smallest absolute Gasteiger partial charge is 0.226 e. The van der Waals surface area contributed by atoms with Crippen molar-refractivity contribution < 1.29 is 4.79 Å². The maximum Gasteiger partial charge on any atom is 0.226 e. The highest BCUT2D eigenvalue weighted by atomic mass is 16.2. The number of rotatable bonds is 2. The van der Waals surface area contributed by atoms with E-state index in [1.165, 1.54) is 0 Å². The van der Waals surface area contributed by atoms with Crippen LogP contribution in [0.15, 0.2) is 0 Å². The van der Waals surface area contributed by atoms with Gasteiger partial charge in [-0.25, -0.2) is 4.98 Å². The average Bonchev–Trinajstić information content (AvgIpc) is 3.09. The number of carbonyl (C=O) groups is 1. The van der Waals surface area contributed by atoms with Crippen LogP contribution in [0.1, 0.15) is 49.4 Å². The van der Waals surface area contributed by atoms with Gasteiger partial charge < -0.3 is 20.5 Å². The van der Waals surface area contributed by atoms with E-state index in [1.54, 1.807) is 0 Å². The summed E-state index contributed by atoms with van der Waals surface area (Å²) in [6.07, 6.45) is 2.50. The van der Waals surface area contributed by atoms with E-state index in [1.807, 2.05) is 23.6 Å². The van der Waals surface area contributed by atoms with Crippen LogP contribution in [0.2, 0.25) is 0 Å². The Bertz CT molecular complexity index is 612. The van der Waals surface area contributed by atoms with Crippen LogP contribution in [-0.4, -0.2) is 51.3 Å². The number of carbonyl (C=O) groups excluding carboxylic acids is 1. The average molecular weight is 332 g/mol. The fraction of sp³-hybridized carbons (Fsp3) is 0.706. The molecule has 7 heteroatoms. The molecule has 3 heterocycles. The number of aryl methyl sites for hydroxylation is 2. The number of nitrogens with one attached hydrogen (secondary N) is 2. The summed E-state index contributed by atoms with van der Waals surface area (Å²) in [7, 11) is 0. The molecule has 1 aromatic heterocycles. The van der Waals surface area contributed by atoms with Crippen LogP contribution in [0.5, 0.6) is 0 Å². The van der Waals surface area contributed by atoms with E-state index in [-0.39, 0.29) is 23.8 Å². The minimum atomic E-state index is 0.0329. The molecule has 132 valence electrons. The molecule has 24 heavy (non-hydrogen) atoms. The Morgan fingerprint density at radius 2 is 2.00 bits per heavy atom. The molecular formula is C17H28N6O. The Morgan fingerprint density at radius 1 is 1.33 bits per heavy atom. The van der Waals surface area contributed by atoms with Crippen molar-refractivity contribution in [3.63, 3.8) is 0 Å². The number of imidazole rings is 1. The molecule has 0 aliphatic carbocycles. The molecule has 0 aromatic carbocycles. The van der Waals surface area contributed by atoms with Crippen molar-refractivity contribution in [3.05, 3.63) is 17.2 Å². The van der Waals surface area contributed by atoms with Crippen molar-refractivity contribution >= 4 is 11.9 Å². The topological polar surface area (TPSA) is 102 Å². The van der Waals surface area contributed by atoms with E-state index in [4.69, 9.17) is 11.1 Å². The van der Waals surface area contributed by atoms with E-state index in [0.29, 0.717) is 19.0 Å². The van der Waals surface area contributed by atoms with Gasteiger partial charge in [0.25, 0.3) is 0 Å². The van der Waals surface area contributed by atoms with Crippen LogP contribution in [0, 0.1) is 31.1 Å². The van der Waals surface area contributed by atoms with Crippen molar-refractivity contribution in [2.24, 2.45) is 17.6 Å². The molecule has 0 saturated carbocycles. The Morgan fingerprint density at radius 3 is 2.54 bits per heavy atom. The predicted molar refractivity (Wildman–Crippen MR) is 92.5 cm³/mol. The number of hydrogen-bond acceptors (Lipinski definition) is 3. The first kappa shape index (κ1) is 16.8. The second-order valence-electron chi connectivity index (χ2n) is 7.33. The van der Waals surface area contributed by atoms with Crippen molar-refractivity contribution in [2.75, 3.05) is 19.6 Å². The first-order valence-electron chi connectivity index (χ1n) is 8.79. The van der Waals surface area contributed by atoms with Gasteiger partial charge in [0.1, 0.15) is 5.82 Å². The van der Waals surface area contributed by atoms with Gasteiger partial charge in [0.15, 0.2) is 5.96 Å². The summed E-state index contributed by atoms with van der Waals surface area (Å²) in [4.78, 5) is 24.9. The zero-order chi connectivity index (χ0) is 17.4. The number of nitrogens with two attached hydrogens (primary N) is 1. The lowest BCUT2D eigenvalue weighted by atomic mass is 9.95. The van der Waals surface area contributed by atoms with Crippen molar-refractivity contribution in [1.29, 1.82) is 5.41 Å². The van der Waals surface area contributed by atoms with Gasteiger partial charge in [0.2, 0.25) is 5.91 Å². The maximum absolute atomic E-state index is 13.1. The maximum atomic E-state index is 13.1. The molecule has 2 fully saturated rings. The molecule has 7 nitrogen and oxygen atoms in total. The Hall–Kier alpha value is -2.05. The number of amides is 1. The first-order valence-corrected chi connectivity index (χ1v) is 8.79. The van der Waals surface area contributed by atoms with Gasteiger partial charge in [0.05, 0.1) is 11.7 Å². The molecule has 3 rings (SSSR count). The summed E-state index contributed by atoms with van der Waals surface area (Å²) in [5.41, 5.74) is 7.63. The summed E-state index contributed by atoms with van der Waals surface area (Å²) in [5.74, 6) is 1.78. The molecule has 0 spiro atoms. The van der Waals surface area contributed by atoms with E-state index < -0.39 is 0 Å². The van der Waals surface area contributed by atoms with Crippen LogP contribution >= 0.6 is 0 Å². The monoisotopic (exact) mass is 332 g/mol. The van der Waals surface area contributed by atoms with E-state index in [0.717, 1.165) is 43.0 Å². The van der Waals surface area contributed by atoms with Crippen molar-refractivity contribution in [3.8, 4) is 0 Å². The Labute approximate surface area is 143 Å². The number of guanidine groups is 1. The van der Waals surface area contributed by atoms with Gasteiger partial charge in [-0.15, -0.1) is 0 Å². The number of hydrogen-bond donors (Lipinski definition) is 3. The first-order chi connectivity index (χ1) is 11.4. The van der Waals surface area contributed by atoms with E-state index in [9.17, 15) is 4.79 Å². The largest absolute Gasteiger partial charge is 0.370 e. The molecule has 4 N–H and O–H groups in total. The van der Waals surface area contributed by atoms with Crippen molar-refractivity contribution in [2.45, 2.75) is 46.1 Å². The fourth-order valence-corrected chi connectivity index (χ4v) is 3.88. The third-order valence-corrected chi connectivity index (χ3v) is 5.44. The Balaban J connectivity index is 1.72. The minimum Gasteiger partial charge on any atom is -0.370 e. The van der Waals surface area contributed by atoms with Crippen LogP contribution in [-0.2, 0) is 4.79 Å². The second-order valence-corrected chi connectivity index (χ2v) is 7.33. The lowest BCUT2D eigenvalue weighted by Crippen LogP contribution is -2.46. The Kier molecular flexibility index (Phi) is 4.51. The number of aromatic nitrogens is 2. The summed E-state index contributed by atoms with van der Waals surface area (Å²) in [5, 5.41) is 7.52. The summed E-state index contributed by atoms with van der Waals surface area (Å²) >= 11 is 0. The lowest BCUT2D eigenvalue weighted by Gasteiger charge is -2.34. The number of aromatic amines is 1. The lowest BCUT2D eigenvalue weighted by molar-refractivity contribution is -0.138. The van der Waals surface area contributed by atoms with Gasteiger partial charge in [-0.05, 0) is 39.0 Å². The molecule has 0 bridgehead atoms. The van der Waals surface area contributed by atoms with Crippen molar-refractivity contribution in [1.82, 2.24) is 19.8 Å². The molecule has 2 aliphatic heterocycles. The summed E-state index contributed by atoms with van der Waals surface area (Å²) in [6, 6.07) is 0.0609. The molecule has 2 atom stereocenters. The molecule has 1 amide bonds. The fourth-order valence-electron chi connectivity index (χ4n) is 3.88. The van der Waals surface area contributed by atoms with E-state index in [2.05, 4.69) is 16.9 Å². The van der Waals surface area contributed by atoms with Crippen LogP contribution in [0.25, 0.3) is 0 Å². The van der Waals surface area contributed by atoms with Crippen LogP contribution in [0.4, 0.5) is 0 Å². The highest BCUT2D eigenvalue weighted by Crippen LogP contribution is 2.36. The van der Waals surface area contributed by atoms with E-state index >= 15 is 0 Å². The predicted octanol–water partition coefficient (Wildman–Crippen LogP) is 1.54. The molecular weight excluding hydrogens is 304 g/mol. The molecule has 0 radical (unpaired) electrons. The number of likely N-dealkylation sites (tertiary alicyclic amines) is 2. The zero-order valence-corrected chi connectivity index (χ0v) is 14.8. The third-order valence-electron chi connectivity index (χ3n) is 5.44. The van der Waals surface area contributed by atoms with Gasteiger partial charge in [-0.3, -0.25) is 10.2 Å². The van der Waals surface area contributed by atoms with Crippen LogP contribution in [0.3, 0.4) is 0 Å². The quantitative estimate of drug-likeness (QED) is 0.565. The normalized spacial score (nSPS) is 25.3. The zero-order valence-electron chi connectivity index (χ0n) is 14.8. The molecule has 2 saturated heterocycles. The van der Waals surface area contributed by atoms with Crippen LogP contribution < -0.4 is 5.73 Å². The molecule has 2 unspecified atom stereocenters. The number of piperidine rings is 1. The number of H-pyrrole nitrogens is 1. The van der Waals surface area contributed by atoms with Gasteiger partial charge in [0, 0.05) is 31.2 Å². The van der Waals surface area contributed by atoms with Gasteiger partial charge in [-0.2, -0.15) is 0 Å². The SMILES string of the molecule is Cc1nc(C2CC(C)CN2C(=O)C2CCN(C(=N)N)CC2)[nH]c1C. The minimum absolute atomic E-state index is 0.0329. The summed E-state index contributed by atoms with van der Waals surface area (Å²) < 4.78 is 0. The molecule has 2 aliphatic rings.